The molecule has 0 aliphatic rings. The first-order valence-electron chi connectivity index (χ1n) is 6.55. The SMILES string of the molecule is CC(NC(=O)Cc1ccc(F)cc1F)c1ccccc1N. The number of anilines is 1. The Balaban J connectivity index is 2.03. The molecule has 2 aromatic rings. The largest absolute Gasteiger partial charge is 0.398 e. The summed E-state index contributed by atoms with van der Waals surface area (Å²) in [6, 6.07) is 10.1. The van der Waals surface area contributed by atoms with Crippen LogP contribution in [0.4, 0.5) is 14.5 Å². The van der Waals surface area contributed by atoms with Crippen molar-refractivity contribution in [2.45, 2.75) is 19.4 Å². The molecule has 0 spiro atoms. The Labute approximate surface area is 121 Å². The van der Waals surface area contributed by atoms with E-state index in [1.54, 1.807) is 19.1 Å². The Bertz CT molecular complexity index is 658. The average molecular weight is 290 g/mol. The molecule has 0 aliphatic heterocycles. The van der Waals surface area contributed by atoms with Crippen molar-refractivity contribution in [2.75, 3.05) is 5.73 Å². The number of rotatable bonds is 4. The Kier molecular flexibility index (Phi) is 4.52. The molecule has 21 heavy (non-hydrogen) atoms. The Morgan fingerprint density at radius 2 is 1.95 bits per heavy atom. The van der Waals surface area contributed by atoms with Crippen molar-refractivity contribution in [3.8, 4) is 0 Å². The zero-order chi connectivity index (χ0) is 15.4. The highest BCUT2D eigenvalue weighted by Crippen LogP contribution is 2.19. The van der Waals surface area contributed by atoms with Crippen molar-refractivity contribution in [1.82, 2.24) is 5.32 Å². The molecule has 3 nitrogen and oxygen atoms in total. The van der Waals surface area contributed by atoms with Gasteiger partial charge in [0.2, 0.25) is 5.91 Å². The number of carbonyl (C=O) groups excluding carboxylic acids is 1. The number of nitrogen functional groups attached to an aromatic ring is 1. The van der Waals surface area contributed by atoms with Gasteiger partial charge in [0.25, 0.3) is 0 Å². The maximum absolute atomic E-state index is 13.5. The minimum atomic E-state index is -0.725. The predicted molar refractivity (Wildman–Crippen MR) is 77.5 cm³/mol. The summed E-state index contributed by atoms with van der Waals surface area (Å²) in [6.07, 6.45) is -0.150. The van der Waals surface area contributed by atoms with Crippen molar-refractivity contribution >= 4 is 11.6 Å². The van der Waals surface area contributed by atoms with E-state index in [1.165, 1.54) is 6.07 Å². The lowest BCUT2D eigenvalue weighted by molar-refractivity contribution is -0.121. The summed E-state index contributed by atoms with van der Waals surface area (Å²) < 4.78 is 26.3. The number of carbonyl (C=O) groups is 1. The van der Waals surface area contributed by atoms with Crippen LogP contribution in [-0.2, 0) is 11.2 Å². The fourth-order valence-corrected chi connectivity index (χ4v) is 2.11. The predicted octanol–water partition coefficient (Wildman–Crippen LogP) is 2.97. The van der Waals surface area contributed by atoms with Gasteiger partial charge in [0.05, 0.1) is 12.5 Å². The topological polar surface area (TPSA) is 55.1 Å². The van der Waals surface area contributed by atoms with Gasteiger partial charge in [-0.25, -0.2) is 8.78 Å². The molecule has 110 valence electrons. The van der Waals surface area contributed by atoms with Crippen molar-refractivity contribution in [2.24, 2.45) is 0 Å². The van der Waals surface area contributed by atoms with Crippen LogP contribution in [0.25, 0.3) is 0 Å². The zero-order valence-electron chi connectivity index (χ0n) is 11.6. The minimum Gasteiger partial charge on any atom is -0.398 e. The van der Waals surface area contributed by atoms with Crippen LogP contribution in [0, 0.1) is 11.6 Å². The van der Waals surface area contributed by atoms with Crippen LogP contribution in [0.2, 0.25) is 0 Å². The van der Waals surface area contributed by atoms with E-state index < -0.39 is 11.6 Å². The Hall–Kier alpha value is -2.43. The van der Waals surface area contributed by atoms with Crippen LogP contribution in [0.3, 0.4) is 0 Å². The Morgan fingerprint density at radius 1 is 1.24 bits per heavy atom. The third-order valence-electron chi connectivity index (χ3n) is 3.21. The number of hydrogen-bond donors (Lipinski definition) is 2. The summed E-state index contributed by atoms with van der Waals surface area (Å²) in [5.41, 5.74) is 7.37. The maximum Gasteiger partial charge on any atom is 0.225 e. The van der Waals surface area contributed by atoms with Gasteiger partial charge in [0, 0.05) is 11.8 Å². The first-order chi connectivity index (χ1) is 9.97. The van der Waals surface area contributed by atoms with Crippen molar-refractivity contribution in [3.63, 3.8) is 0 Å². The van der Waals surface area contributed by atoms with Gasteiger partial charge < -0.3 is 11.1 Å². The smallest absolute Gasteiger partial charge is 0.225 e. The molecule has 2 rings (SSSR count). The molecule has 1 amide bonds. The highest BCUT2D eigenvalue weighted by molar-refractivity contribution is 5.79. The third kappa shape index (κ3) is 3.78. The first-order valence-corrected chi connectivity index (χ1v) is 6.55. The first kappa shape index (κ1) is 15.0. The Morgan fingerprint density at radius 3 is 2.62 bits per heavy atom. The normalized spacial score (nSPS) is 12.0. The molecule has 0 saturated carbocycles. The molecule has 1 unspecified atom stereocenters. The lowest BCUT2D eigenvalue weighted by Crippen LogP contribution is -2.28. The second-order valence-electron chi connectivity index (χ2n) is 4.83. The second-order valence-corrected chi connectivity index (χ2v) is 4.83. The summed E-state index contributed by atoms with van der Waals surface area (Å²) in [5.74, 6) is -1.74. The van der Waals surface area contributed by atoms with Crippen molar-refractivity contribution in [3.05, 3.63) is 65.2 Å². The van der Waals surface area contributed by atoms with Gasteiger partial charge >= 0.3 is 0 Å². The lowest BCUT2D eigenvalue weighted by Gasteiger charge is -2.16. The molecule has 1 atom stereocenters. The molecule has 3 N–H and O–H groups in total. The summed E-state index contributed by atoms with van der Waals surface area (Å²) in [7, 11) is 0. The quantitative estimate of drug-likeness (QED) is 0.851. The number of amides is 1. The molecule has 0 aliphatic carbocycles. The molecule has 0 heterocycles. The highest BCUT2D eigenvalue weighted by atomic mass is 19.1. The highest BCUT2D eigenvalue weighted by Gasteiger charge is 2.14. The van der Waals surface area contributed by atoms with Gasteiger partial charge in [-0.3, -0.25) is 4.79 Å². The molecule has 5 heteroatoms. The second kappa shape index (κ2) is 6.35. The number of nitrogens with one attached hydrogen (secondary N) is 1. The molecule has 0 radical (unpaired) electrons. The molecule has 0 saturated heterocycles. The summed E-state index contributed by atoms with van der Waals surface area (Å²) in [4.78, 5) is 11.9. The molecule has 2 aromatic carbocycles. The van der Waals surface area contributed by atoms with Gasteiger partial charge in [0.1, 0.15) is 11.6 Å². The van der Waals surface area contributed by atoms with E-state index in [-0.39, 0.29) is 23.9 Å². The van der Waals surface area contributed by atoms with Gasteiger partial charge in [-0.1, -0.05) is 24.3 Å². The third-order valence-corrected chi connectivity index (χ3v) is 3.21. The fraction of sp³-hybridized carbons (Fsp3) is 0.188. The van der Waals surface area contributed by atoms with Crippen LogP contribution >= 0.6 is 0 Å². The van der Waals surface area contributed by atoms with E-state index in [0.29, 0.717) is 5.69 Å². The van der Waals surface area contributed by atoms with E-state index in [1.807, 2.05) is 12.1 Å². The molecular weight excluding hydrogens is 274 g/mol. The zero-order valence-corrected chi connectivity index (χ0v) is 11.6. The van der Waals surface area contributed by atoms with E-state index in [4.69, 9.17) is 5.73 Å². The summed E-state index contributed by atoms with van der Waals surface area (Å²) >= 11 is 0. The number of nitrogens with two attached hydrogens (primary N) is 1. The van der Waals surface area contributed by atoms with Gasteiger partial charge in [-0.05, 0) is 30.2 Å². The van der Waals surface area contributed by atoms with Crippen LogP contribution in [0.5, 0.6) is 0 Å². The minimum absolute atomic E-state index is 0.150. The fourth-order valence-electron chi connectivity index (χ4n) is 2.11. The van der Waals surface area contributed by atoms with E-state index in [2.05, 4.69) is 5.32 Å². The van der Waals surface area contributed by atoms with E-state index in [9.17, 15) is 13.6 Å². The van der Waals surface area contributed by atoms with Crippen LogP contribution in [0.1, 0.15) is 24.1 Å². The van der Waals surface area contributed by atoms with E-state index in [0.717, 1.165) is 17.7 Å². The van der Waals surface area contributed by atoms with Crippen LogP contribution < -0.4 is 11.1 Å². The van der Waals surface area contributed by atoms with Crippen LogP contribution in [0.15, 0.2) is 42.5 Å². The van der Waals surface area contributed by atoms with Gasteiger partial charge in [-0.15, -0.1) is 0 Å². The maximum atomic E-state index is 13.5. The standard InChI is InChI=1S/C16H16F2N2O/c1-10(13-4-2-3-5-15(13)19)20-16(21)8-11-6-7-12(17)9-14(11)18/h2-7,9-10H,8,19H2,1H3,(H,20,21). The van der Waals surface area contributed by atoms with Gasteiger partial charge in [-0.2, -0.15) is 0 Å². The molecule has 0 bridgehead atoms. The van der Waals surface area contributed by atoms with E-state index >= 15 is 0 Å². The molecule has 0 aromatic heterocycles. The van der Waals surface area contributed by atoms with Crippen molar-refractivity contribution < 1.29 is 13.6 Å². The number of benzene rings is 2. The summed E-state index contributed by atoms with van der Waals surface area (Å²) in [5, 5.41) is 2.75. The number of halogens is 2. The lowest BCUT2D eigenvalue weighted by atomic mass is 10.1. The number of para-hydroxylation sites is 1. The summed E-state index contributed by atoms with van der Waals surface area (Å²) in [6.45, 7) is 1.80. The monoisotopic (exact) mass is 290 g/mol. The average Bonchev–Trinajstić information content (AvgIpc) is 2.42. The number of hydrogen-bond acceptors (Lipinski definition) is 2. The van der Waals surface area contributed by atoms with Crippen molar-refractivity contribution in [1.29, 1.82) is 0 Å². The van der Waals surface area contributed by atoms with Gasteiger partial charge in [0.15, 0.2) is 0 Å². The van der Waals surface area contributed by atoms with Crippen LogP contribution in [-0.4, -0.2) is 5.91 Å². The molecule has 0 fully saturated rings. The molecular formula is C16H16F2N2O.